The predicted molar refractivity (Wildman–Crippen MR) is 302 cm³/mol. The van der Waals surface area contributed by atoms with Crippen LogP contribution in [-0.2, 0) is 28.6 Å². The van der Waals surface area contributed by atoms with Gasteiger partial charge in [0, 0.05) is 19.3 Å². The first-order chi connectivity index (χ1) is 34.5. The summed E-state index contributed by atoms with van der Waals surface area (Å²) >= 11 is 0. The summed E-state index contributed by atoms with van der Waals surface area (Å²) in [6, 6.07) is 0. The van der Waals surface area contributed by atoms with Crippen LogP contribution in [0.4, 0.5) is 0 Å². The van der Waals surface area contributed by atoms with Crippen LogP contribution in [0.15, 0.2) is 60.8 Å². The lowest BCUT2D eigenvalue weighted by Gasteiger charge is -2.18. The summed E-state index contributed by atoms with van der Waals surface area (Å²) in [6.07, 6.45) is 73.5. The van der Waals surface area contributed by atoms with Crippen molar-refractivity contribution in [2.45, 2.75) is 316 Å². The van der Waals surface area contributed by atoms with E-state index in [9.17, 15) is 14.4 Å². The normalized spacial score (nSPS) is 12.4. The highest BCUT2D eigenvalue weighted by Gasteiger charge is 2.19. The van der Waals surface area contributed by atoms with E-state index in [-0.39, 0.29) is 31.1 Å². The zero-order valence-electron chi connectivity index (χ0n) is 46.5. The molecule has 0 radical (unpaired) electrons. The summed E-state index contributed by atoms with van der Waals surface area (Å²) < 4.78 is 16.9. The molecule has 0 N–H and O–H groups in total. The second-order valence-electron chi connectivity index (χ2n) is 20.2. The van der Waals surface area contributed by atoms with E-state index in [1.807, 2.05) is 0 Å². The van der Waals surface area contributed by atoms with Gasteiger partial charge in [-0.05, 0) is 83.5 Å². The number of hydrogen-bond acceptors (Lipinski definition) is 6. The molecular formula is C64H114O6. The third-order valence-electron chi connectivity index (χ3n) is 13.3. The Morgan fingerprint density at radius 2 is 0.557 bits per heavy atom. The van der Waals surface area contributed by atoms with Gasteiger partial charge < -0.3 is 14.2 Å². The quantitative estimate of drug-likeness (QED) is 0.0261. The van der Waals surface area contributed by atoms with Gasteiger partial charge in [0.25, 0.3) is 0 Å². The molecule has 0 saturated heterocycles. The Kier molecular flexibility index (Phi) is 56.3. The van der Waals surface area contributed by atoms with E-state index >= 15 is 0 Å². The molecule has 0 spiro atoms. The highest BCUT2D eigenvalue weighted by molar-refractivity contribution is 5.71. The fourth-order valence-electron chi connectivity index (χ4n) is 8.72. The van der Waals surface area contributed by atoms with Crippen molar-refractivity contribution in [1.29, 1.82) is 0 Å². The molecule has 0 fully saturated rings. The van der Waals surface area contributed by atoms with Crippen LogP contribution in [0.25, 0.3) is 0 Å². The maximum absolute atomic E-state index is 12.9. The minimum Gasteiger partial charge on any atom is -0.462 e. The molecule has 1 unspecified atom stereocenters. The maximum atomic E-state index is 12.9. The average Bonchev–Trinajstić information content (AvgIpc) is 3.36. The number of allylic oxidation sites excluding steroid dienone is 10. The molecule has 0 aromatic heterocycles. The van der Waals surface area contributed by atoms with Crippen molar-refractivity contribution in [3.63, 3.8) is 0 Å². The number of unbranched alkanes of at least 4 members (excludes halogenated alkanes) is 34. The van der Waals surface area contributed by atoms with Crippen LogP contribution in [-0.4, -0.2) is 37.2 Å². The minimum atomic E-state index is -0.779. The van der Waals surface area contributed by atoms with Gasteiger partial charge in [-0.1, -0.05) is 268 Å². The van der Waals surface area contributed by atoms with Gasteiger partial charge in [0.2, 0.25) is 0 Å². The van der Waals surface area contributed by atoms with E-state index < -0.39 is 6.10 Å². The fourth-order valence-corrected chi connectivity index (χ4v) is 8.72. The molecule has 0 heterocycles. The number of carbonyl (C=O) groups is 3. The first-order valence-electron chi connectivity index (χ1n) is 30.3. The number of hydrogen-bond donors (Lipinski definition) is 0. The Labute approximate surface area is 434 Å². The zero-order valence-corrected chi connectivity index (χ0v) is 46.5. The van der Waals surface area contributed by atoms with Crippen molar-refractivity contribution < 1.29 is 28.6 Å². The lowest BCUT2D eigenvalue weighted by atomic mass is 10.0. The van der Waals surface area contributed by atoms with Gasteiger partial charge in [0.1, 0.15) is 13.2 Å². The Bertz CT molecular complexity index is 1260. The average molecular weight is 980 g/mol. The Hall–Kier alpha value is -2.89. The summed E-state index contributed by atoms with van der Waals surface area (Å²) in [5.41, 5.74) is 0. The van der Waals surface area contributed by atoms with Crippen LogP contribution in [0.5, 0.6) is 0 Å². The zero-order chi connectivity index (χ0) is 50.7. The fraction of sp³-hybridized carbons (Fsp3) is 0.797. The standard InChI is InChI=1S/C64H114O6/c1-4-7-10-13-16-19-22-25-28-30-31-32-33-34-37-39-42-45-48-51-54-57-63(66)69-60-61(59-68-62(65)56-53-50-47-44-41-38-35-27-24-21-18-15-12-9-6-3)70-64(67)58-55-52-49-46-43-40-36-29-26-23-20-17-14-11-8-5-2/h7,10,16,19,25,27-28,31-32,35,61H,4-6,8-9,11-15,17-18,20-24,26,29-30,33-34,36-60H2,1-3H3/b10-7-,19-16-,28-25-,32-31-,35-27-. The van der Waals surface area contributed by atoms with Crippen LogP contribution in [0.2, 0.25) is 0 Å². The minimum absolute atomic E-state index is 0.0780. The smallest absolute Gasteiger partial charge is 0.306 e. The summed E-state index contributed by atoms with van der Waals surface area (Å²) in [5.74, 6) is -0.877. The van der Waals surface area contributed by atoms with Crippen LogP contribution >= 0.6 is 0 Å². The SMILES string of the molecule is CC/C=C\C/C=C\C/C=C\C/C=C\CCCCCCCCCCC(=O)OCC(COC(=O)CCCCCCC/C=C\CCCCCCCC)OC(=O)CCCCCCCCCCCCCCCCCC. The number of carbonyl (C=O) groups excluding carboxylic acids is 3. The van der Waals surface area contributed by atoms with E-state index in [0.717, 1.165) is 96.3 Å². The van der Waals surface area contributed by atoms with Gasteiger partial charge in [0.15, 0.2) is 6.10 Å². The van der Waals surface area contributed by atoms with Gasteiger partial charge in [-0.15, -0.1) is 0 Å². The second-order valence-corrected chi connectivity index (χ2v) is 20.2. The molecule has 0 aliphatic rings. The van der Waals surface area contributed by atoms with Crippen molar-refractivity contribution >= 4 is 17.9 Å². The van der Waals surface area contributed by atoms with Crippen LogP contribution in [0.3, 0.4) is 0 Å². The Morgan fingerprint density at radius 3 is 0.886 bits per heavy atom. The van der Waals surface area contributed by atoms with Gasteiger partial charge >= 0.3 is 17.9 Å². The van der Waals surface area contributed by atoms with E-state index in [1.165, 1.54) is 173 Å². The van der Waals surface area contributed by atoms with Crippen molar-refractivity contribution in [2.24, 2.45) is 0 Å². The van der Waals surface area contributed by atoms with E-state index in [2.05, 4.69) is 81.5 Å². The predicted octanol–water partition coefficient (Wildman–Crippen LogP) is 20.4. The second kappa shape index (κ2) is 58.7. The lowest BCUT2D eigenvalue weighted by Crippen LogP contribution is -2.30. The third kappa shape index (κ3) is 56.0. The van der Waals surface area contributed by atoms with Crippen LogP contribution in [0.1, 0.15) is 310 Å². The third-order valence-corrected chi connectivity index (χ3v) is 13.3. The van der Waals surface area contributed by atoms with Gasteiger partial charge in [-0.2, -0.15) is 0 Å². The molecule has 0 rings (SSSR count). The van der Waals surface area contributed by atoms with Crippen molar-refractivity contribution in [1.82, 2.24) is 0 Å². The molecule has 0 aliphatic heterocycles. The molecule has 6 heteroatoms. The highest BCUT2D eigenvalue weighted by atomic mass is 16.6. The van der Waals surface area contributed by atoms with E-state index in [4.69, 9.17) is 14.2 Å². The maximum Gasteiger partial charge on any atom is 0.306 e. The van der Waals surface area contributed by atoms with Crippen molar-refractivity contribution in [3.8, 4) is 0 Å². The lowest BCUT2D eigenvalue weighted by molar-refractivity contribution is -0.167. The van der Waals surface area contributed by atoms with Crippen LogP contribution in [0, 0.1) is 0 Å². The molecule has 0 saturated carbocycles. The number of ether oxygens (including phenoxy) is 3. The summed E-state index contributed by atoms with van der Waals surface area (Å²) in [6.45, 7) is 6.55. The highest BCUT2D eigenvalue weighted by Crippen LogP contribution is 2.16. The molecule has 6 nitrogen and oxygen atoms in total. The Balaban J connectivity index is 4.36. The molecule has 0 aliphatic carbocycles. The van der Waals surface area contributed by atoms with Gasteiger partial charge in [0.05, 0.1) is 0 Å². The molecular weight excluding hydrogens is 865 g/mol. The molecule has 406 valence electrons. The molecule has 0 amide bonds. The molecule has 1 atom stereocenters. The van der Waals surface area contributed by atoms with Crippen molar-refractivity contribution in [2.75, 3.05) is 13.2 Å². The van der Waals surface area contributed by atoms with E-state index in [0.29, 0.717) is 19.3 Å². The Morgan fingerprint density at radius 1 is 0.300 bits per heavy atom. The number of esters is 3. The largest absolute Gasteiger partial charge is 0.462 e. The summed E-state index contributed by atoms with van der Waals surface area (Å²) in [4.78, 5) is 38.2. The first-order valence-corrected chi connectivity index (χ1v) is 30.3. The molecule has 0 aromatic rings. The number of rotatable bonds is 55. The molecule has 70 heavy (non-hydrogen) atoms. The molecule has 0 bridgehead atoms. The topological polar surface area (TPSA) is 78.9 Å². The monoisotopic (exact) mass is 979 g/mol. The first kappa shape index (κ1) is 67.1. The van der Waals surface area contributed by atoms with Crippen molar-refractivity contribution in [3.05, 3.63) is 60.8 Å². The van der Waals surface area contributed by atoms with Gasteiger partial charge in [-0.3, -0.25) is 14.4 Å². The molecule has 0 aromatic carbocycles. The summed E-state index contributed by atoms with van der Waals surface area (Å²) in [5, 5.41) is 0. The van der Waals surface area contributed by atoms with Gasteiger partial charge in [-0.25, -0.2) is 0 Å². The summed E-state index contributed by atoms with van der Waals surface area (Å²) in [7, 11) is 0. The van der Waals surface area contributed by atoms with E-state index in [1.54, 1.807) is 0 Å². The van der Waals surface area contributed by atoms with Crippen LogP contribution < -0.4 is 0 Å².